The molecule has 5 rings (SSSR count). The third-order valence-corrected chi connectivity index (χ3v) is 8.60. The molecular formula is C26H26ClFIN5O5S. The third-order valence-electron chi connectivity index (χ3n) is 6.41. The number of nitrogens with one attached hydrogen (secondary N) is 4. The average Bonchev–Trinajstić information content (AvgIpc) is 3.82. The molecule has 0 spiro atoms. The fraction of sp³-hybridized carbons (Fsp3) is 0.308. The molecular weight excluding hydrogens is 676 g/mol. The van der Waals surface area contributed by atoms with Crippen LogP contribution in [0.1, 0.15) is 41.6 Å². The van der Waals surface area contributed by atoms with Crippen LogP contribution in [0.15, 0.2) is 41.2 Å². The second kappa shape index (κ2) is 11.2. The molecule has 212 valence electrons. The van der Waals surface area contributed by atoms with E-state index in [2.05, 4.69) is 20.1 Å². The number of pyridine rings is 1. The van der Waals surface area contributed by atoms with Crippen molar-refractivity contribution in [3.8, 4) is 11.5 Å². The first-order valence-corrected chi connectivity index (χ1v) is 15.4. The molecule has 2 aromatic carbocycles. The lowest BCUT2D eigenvalue weighted by molar-refractivity contribution is 0.0948. The summed E-state index contributed by atoms with van der Waals surface area (Å²) in [5.41, 5.74) is -0.301. The van der Waals surface area contributed by atoms with Crippen molar-refractivity contribution in [1.82, 2.24) is 14.6 Å². The molecule has 40 heavy (non-hydrogen) atoms. The van der Waals surface area contributed by atoms with Crippen LogP contribution in [0.2, 0.25) is 5.02 Å². The van der Waals surface area contributed by atoms with E-state index in [4.69, 9.17) is 16.3 Å². The van der Waals surface area contributed by atoms with E-state index < -0.39 is 27.5 Å². The summed E-state index contributed by atoms with van der Waals surface area (Å²) in [4.78, 5) is 26.8. The first kappa shape index (κ1) is 28.6. The normalized spacial score (nSPS) is 15.0. The van der Waals surface area contributed by atoms with Gasteiger partial charge in [-0.1, -0.05) is 17.7 Å². The van der Waals surface area contributed by atoms with Crippen molar-refractivity contribution in [1.29, 1.82) is 0 Å². The Bertz CT molecular complexity index is 1670. The topological polar surface area (TPSA) is 131 Å². The Morgan fingerprint density at radius 3 is 2.48 bits per heavy atom. The highest BCUT2D eigenvalue weighted by Gasteiger charge is 2.31. The summed E-state index contributed by atoms with van der Waals surface area (Å²) in [5, 5.41) is 5.72. The van der Waals surface area contributed by atoms with Gasteiger partial charge in [0.1, 0.15) is 28.0 Å². The second-order valence-electron chi connectivity index (χ2n) is 9.76. The Balaban J connectivity index is 1.59. The molecule has 0 saturated heterocycles. The number of hydrogen-bond acceptors (Lipinski definition) is 6. The Morgan fingerprint density at radius 1 is 1.12 bits per heavy atom. The number of ether oxygens (including phenoxy) is 1. The molecule has 1 heterocycles. The summed E-state index contributed by atoms with van der Waals surface area (Å²) in [7, 11) is -2.42. The monoisotopic (exact) mass is 701 g/mol. The molecule has 2 saturated carbocycles. The number of benzene rings is 2. The molecule has 0 atom stereocenters. The zero-order valence-electron chi connectivity index (χ0n) is 21.5. The third kappa shape index (κ3) is 6.37. The van der Waals surface area contributed by atoms with E-state index in [1.807, 2.05) is 22.6 Å². The molecule has 4 N–H and O–H groups in total. The lowest BCUT2D eigenvalue weighted by atomic mass is 10.1. The standard InChI is InChI=1S/C26H26ClFIN5O5S/c1-13-23(39-20-5-3-4-19(22(20)27)33-40(37,38)32-16-9-10-16)21(25(35)30-15-7-8-15)24(34(2)26(13)36)31-18-11-6-14(29)12-17(18)28/h3-6,11-12,15-16,31-33H,7-10H2,1-2H3,(H,30,35). The van der Waals surface area contributed by atoms with Gasteiger partial charge in [0, 0.05) is 22.7 Å². The smallest absolute Gasteiger partial charge is 0.299 e. The lowest BCUT2D eigenvalue weighted by Crippen LogP contribution is -2.32. The van der Waals surface area contributed by atoms with Gasteiger partial charge in [0.2, 0.25) is 0 Å². The molecule has 3 aromatic rings. The van der Waals surface area contributed by atoms with E-state index in [9.17, 15) is 22.4 Å². The number of aromatic nitrogens is 1. The van der Waals surface area contributed by atoms with Gasteiger partial charge in [-0.15, -0.1) is 0 Å². The Labute approximate surface area is 249 Å². The van der Waals surface area contributed by atoms with Gasteiger partial charge in [-0.05, 0) is 85.5 Å². The minimum absolute atomic E-state index is 0.0107. The molecule has 0 unspecified atom stereocenters. The Hall–Kier alpha value is -2.88. The summed E-state index contributed by atoms with van der Waals surface area (Å²) in [6.45, 7) is 1.50. The van der Waals surface area contributed by atoms with Gasteiger partial charge in [0.05, 0.1) is 16.9 Å². The Kier molecular flexibility index (Phi) is 8.01. The van der Waals surface area contributed by atoms with Gasteiger partial charge in [-0.25, -0.2) is 4.39 Å². The largest absolute Gasteiger partial charge is 0.454 e. The van der Waals surface area contributed by atoms with Crippen LogP contribution in [0.5, 0.6) is 11.5 Å². The van der Waals surface area contributed by atoms with Crippen LogP contribution in [-0.4, -0.2) is 31.0 Å². The number of hydrogen-bond donors (Lipinski definition) is 4. The van der Waals surface area contributed by atoms with Crippen LogP contribution in [0.25, 0.3) is 0 Å². The predicted molar refractivity (Wildman–Crippen MR) is 160 cm³/mol. The van der Waals surface area contributed by atoms with Crippen molar-refractivity contribution >= 4 is 67.5 Å². The van der Waals surface area contributed by atoms with Gasteiger partial charge < -0.3 is 15.4 Å². The highest BCUT2D eigenvalue weighted by Crippen LogP contribution is 2.40. The SMILES string of the molecule is Cc1c(Oc2cccc(NS(=O)(=O)NC3CC3)c2Cl)c(C(=O)NC2CC2)c(Nc2ccc(I)cc2F)n(C)c1=O. The van der Waals surface area contributed by atoms with E-state index in [-0.39, 0.29) is 56.9 Å². The van der Waals surface area contributed by atoms with E-state index in [0.29, 0.717) is 3.57 Å². The number of anilines is 3. The average molecular weight is 702 g/mol. The molecule has 1 aromatic heterocycles. The fourth-order valence-electron chi connectivity index (χ4n) is 3.97. The highest BCUT2D eigenvalue weighted by atomic mass is 127. The maximum Gasteiger partial charge on any atom is 0.299 e. The maximum absolute atomic E-state index is 14.8. The maximum atomic E-state index is 14.8. The van der Waals surface area contributed by atoms with Gasteiger partial charge >= 0.3 is 0 Å². The molecule has 0 aliphatic heterocycles. The van der Waals surface area contributed by atoms with Crippen molar-refractivity contribution < 1.29 is 22.3 Å². The summed E-state index contributed by atoms with van der Waals surface area (Å²) >= 11 is 8.52. The summed E-state index contributed by atoms with van der Waals surface area (Å²) in [6.07, 6.45) is 3.14. The van der Waals surface area contributed by atoms with Crippen LogP contribution in [0.3, 0.4) is 0 Å². The molecule has 14 heteroatoms. The highest BCUT2D eigenvalue weighted by molar-refractivity contribution is 14.1. The van der Waals surface area contributed by atoms with Crippen molar-refractivity contribution in [2.75, 3.05) is 10.0 Å². The first-order valence-electron chi connectivity index (χ1n) is 12.5. The van der Waals surface area contributed by atoms with E-state index in [1.54, 1.807) is 6.07 Å². The van der Waals surface area contributed by atoms with Crippen molar-refractivity contribution in [3.63, 3.8) is 0 Å². The number of amides is 1. The quantitative estimate of drug-likeness (QED) is 0.222. The zero-order chi connectivity index (χ0) is 28.8. The van der Waals surface area contributed by atoms with Gasteiger partial charge in [-0.3, -0.25) is 18.9 Å². The fourth-order valence-corrected chi connectivity index (χ4v) is 5.89. The molecule has 2 fully saturated rings. The van der Waals surface area contributed by atoms with Gasteiger partial charge in [0.15, 0.2) is 5.75 Å². The number of carbonyl (C=O) groups is 1. The number of rotatable bonds is 10. The first-order chi connectivity index (χ1) is 18.9. The lowest BCUT2D eigenvalue weighted by Gasteiger charge is -2.22. The molecule has 2 aliphatic rings. The molecule has 10 nitrogen and oxygen atoms in total. The van der Waals surface area contributed by atoms with Crippen molar-refractivity contribution in [2.24, 2.45) is 7.05 Å². The second-order valence-corrected chi connectivity index (χ2v) is 12.8. The number of halogens is 3. The summed E-state index contributed by atoms with van der Waals surface area (Å²) < 4.78 is 52.6. The summed E-state index contributed by atoms with van der Waals surface area (Å²) in [6, 6.07) is 8.84. The minimum Gasteiger partial charge on any atom is -0.454 e. The Morgan fingerprint density at radius 2 is 1.82 bits per heavy atom. The van der Waals surface area contributed by atoms with E-state index in [1.165, 1.54) is 48.9 Å². The van der Waals surface area contributed by atoms with Crippen LogP contribution in [0.4, 0.5) is 21.6 Å². The molecule has 1 amide bonds. The minimum atomic E-state index is -3.88. The van der Waals surface area contributed by atoms with Crippen molar-refractivity contribution in [2.45, 2.75) is 44.7 Å². The molecule has 0 radical (unpaired) electrons. The number of carbonyl (C=O) groups excluding carboxylic acids is 1. The van der Waals surface area contributed by atoms with E-state index >= 15 is 0 Å². The van der Waals surface area contributed by atoms with Crippen molar-refractivity contribution in [3.05, 3.63) is 72.3 Å². The molecule has 0 bridgehead atoms. The zero-order valence-corrected chi connectivity index (χ0v) is 25.2. The number of nitrogens with zero attached hydrogens (tertiary/aromatic N) is 1. The van der Waals surface area contributed by atoms with Crippen LogP contribution in [0, 0.1) is 16.3 Å². The molecule has 2 aliphatic carbocycles. The van der Waals surface area contributed by atoms with E-state index in [0.717, 1.165) is 25.7 Å². The van der Waals surface area contributed by atoms with Gasteiger partial charge in [-0.2, -0.15) is 13.1 Å². The predicted octanol–water partition coefficient (Wildman–Crippen LogP) is 4.93. The van der Waals surface area contributed by atoms with Crippen LogP contribution in [-0.2, 0) is 17.3 Å². The van der Waals surface area contributed by atoms with Crippen LogP contribution < -0.4 is 30.4 Å². The summed E-state index contributed by atoms with van der Waals surface area (Å²) in [5.74, 6) is -1.15. The van der Waals surface area contributed by atoms with Gasteiger partial charge in [0.25, 0.3) is 21.7 Å². The van der Waals surface area contributed by atoms with Crippen LogP contribution >= 0.6 is 34.2 Å².